The second-order valence-electron chi connectivity index (χ2n) is 7.76. The highest BCUT2D eigenvalue weighted by atomic mass is 35.5. The van der Waals surface area contributed by atoms with Crippen molar-refractivity contribution in [1.29, 1.82) is 0 Å². The Hall–Kier alpha value is -2.66. The summed E-state index contributed by atoms with van der Waals surface area (Å²) in [7, 11) is 0. The molecule has 1 saturated heterocycles. The molecule has 0 bridgehead atoms. The van der Waals surface area contributed by atoms with Crippen molar-refractivity contribution in [2.45, 2.75) is 12.6 Å². The van der Waals surface area contributed by atoms with E-state index in [0.717, 1.165) is 23.7 Å². The maximum absolute atomic E-state index is 12.6. The summed E-state index contributed by atoms with van der Waals surface area (Å²) in [5, 5.41) is 0.737. The van der Waals surface area contributed by atoms with Gasteiger partial charge in [-0.1, -0.05) is 84.4 Å². The quantitative estimate of drug-likeness (QED) is 0.536. The van der Waals surface area contributed by atoms with Crippen LogP contribution in [0.15, 0.2) is 84.9 Å². The van der Waals surface area contributed by atoms with E-state index >= 15 is 0 Å². The van der Waals surface area contributed by atoms with Gasteiger partial charge in [0.2, 0.25) is 5.91 Å². The van der Waals surface area contributed by atoms with Gasteiger partial charge in [-0.25, -0.2) is 0 Å². The van der Waals surface area contributed by atoms with Crippen LogP contribution in [-0.2, 0) is 16.1 Å². The van der Waals surface area contributed by atoms with Crippen LogP contribution >= 0.6 is 11.6 Å². The van der Waals surface area contributed by atoms with E-state index in [1.54, 1.807) is 0 Å². The van der Waals surface area contributed by atoms with Gasteiger partial charge >= 0.3 is 0 Å². The molecule has 1 aliphatic heterocycles. The van der Waals surface area contributed by atoms with E-state index in [9.17, 15) is 4.79 Å². The van der Waals surface area contributed by atoms with Gasteiger partial charge in [-0.15, -0.1) is 0 Å². The number of nitrogens with zero attached hydrogens (tertiary/aromatic N) is 2. The molecule has 0 saturated carbocycles. The van der Waals surface area contributed by atoms with E-state index in [-0.39, 0.29) is 18.6 Å². The van der Waals surface area contributed by atoms with Crippen LogP contribution in [0.25, 0.3) is 0 Å². The van der Waals surface area contributed by atoms with Gasteiger partial charge < -0.3 is 9.64 Å². The Morgan fingerprint density at radius 1 is 0.806 bits per heavy atom. The third-order valence-electron chi connectivity index (χ3n) is 5.67. The van der Waals surface area contributed by atoms with Crippen LogP contribution in [0.3, 0.4) is 0 Å². The fourth-order valence-electron chi connectivity index (χ4n) is 4.05. The highest BCUT2D eigenvalue weighted by Gasteiger charge is 2.28. The van der Waals surface area contributed by atoms with Crippen LogP contribution in [0.2, 0.25) is 5.02 Å². The molecule has 0 aromatic heterocycles. The standard InChI is InChI=1S/C26H27ClN2O2/c27-24-13-11-23(12-14-24)26(22-9-5-2-6-10-22)29-17-15-28(16-18-29)25(30)20-31-19-21-7-3-1-4-8-21/h1-14,26H,15-20H2/t26-/m1/s1. The Labute approximate surface area is 189 Å². The number of amides is 1. The molecule has 1 aliphatic rings. The zero-order chi connectivity index (χ0) is 21.5. The largest absolute Gasteiger partial charge is 0.367 e. The van der Waals surface area contributed by atoms with Gasteiger partial charge in [0, 0.05) is 31.2 Å². The lowest BCUT2D eigenvalue weighted by atomic mass is 9.96. The maximum Gasteiger partial charge on any atom is 0.248 e. The van der Waals surface area contributed by atoms with Gasteiger partial charge in [-0.2, -0.15) is 0 Å². The summed E-state index contributed by atoms with van der Waals surface area (Å²) in [6.07, 6.45) is 0. The molecule has 1 atom stereocenters. The van der Waals surface area contributed by atoms with Crippen LogP contribution < -0.4 is 0 Å². The number of rotatable bonds is 7. The van der Waals surface area contributed by atoms with E-state index in [1.165, 1.54) is 11.1 Å². The van der Waals surface area contributed by atoms with Crippen LogP contribution in [0.1, 0.15) is 22.7 Å². The predicted molar refractivity (Wildman–Crippen MR) is 124 cm³/mol. The van der Waals surface area contributed by atoms with Crippen molar-refractivity contribution in [2.75, 3.05) is 32.8 Å². The average molecular weight is 435 g/mol. The van der Waals surface area contributed by atoms with Crippen molar-refractivity contribution < 1.29 is 9.53 Å². The van der Waals surface area contributed by atoms with Crippen molar-refractivity contribution in [2.24, 2.45) is 0 Å². The molecule has 0 aliphatic carbocycles. The first-order valence-electron chi connectivity index (χ1n) is 10.6. The average Bonchev–Trinajstić information content (AvgIpc) is 2.82. The predicted octanol–water partition coefficient (Wildman–Crippen LogP) is 4.79. The van der Waals surface area contributed by atoms with Gasteiger partial charge in [0.1, 0.15) is 6.61 Å². The van der Waals surface area contributed by atoms with E-state index in [0.29, 0.717) is 19.7 Å². The Morgan fingerprint density at radius 2 is 1.39 bits per heavy atom. The zero-order valence-electron chi connectivity index (χ0n) is 17.5. The summed E-state index contributed by atoms with van der Waals surface area (Å²) < 4.78 is 5.64. The summed E-state index contributed by atoms with van der Waals surface area (Å²) in [6.45, 7) is 3.60. The molecule has 1 fully saturated rings. The number of carbonyl (C=O) groups excluding carboxylic acids is 1. The number of hydrogen-bond donors (Lipinski definition) is 0. The first kappa shape index (κ1) is 21.6. The van der Waals surface area contributed by atoms with Gasteiger partial charge in [0.15, 0.2) is 0 Å². The number of piperazine rings is 1. The SMILES string of the molecule is O=C(COCc1ccccc1)N1CCN([C@H](c2ccccc2)c2ccc(Cl)cc2)CC1. The lowest BCUT2D eigenvalue weighted by Crippen LogP contribution is -2.50. The molecule has 31 heavy (non-hydrogen) atoms. The van der Waals surface area contributed by atoms with Gasteiger partial charge in [-0.05, 0) is 28.8 Å². The fourth-order valence-corrected chi connectivity index (χ4v) is 4.17. The summed E-state index contributed by atoms with van der Waals surface area (Å²) in [6, 6.07) is 28.6. The molecule has 0 N–H and O–H groups in total. The molecule has 5 heteroatoms. The monoisotopic (exact) mass is 434 g/mol. The molecular weight excluding hydrogens is 408 g/mol. The van der Waals surface area contributed by atoms with Crippen molar-refractivity contribution in [3.05, 3.63) is 107 Å². The summed E-state index contributed by atoms with van der Waals surface area (Å²) in [5.74, 6) is 0.0540. The molecular formula is C26H27ClN2O2. The van der Waals surface area contributed by atoms with E-state index in [4.69, 9.17) is 16.3 Å². The van der Waals surface area contributed by atoms with Crippen LogP contribution in [0, 0.1) is 0 Å². The van der Waals surface area contributed by atoms with Gasteiger partial charge in [-0.3, -0.25) is 9.69 Å². The van der Waals surface area contributed by atoms with Gasteiger partial charge in [0.05, 0.1) is 12.6 Å². The Kier molecular flexibility index (Phi) is 7.36. The van der Waals surface area contributed by atoms with Crippen LogP contribution in [-0.4, -0.2) is 48.5 Å². The van der Waals surface area contributed by atoms with Crippen molar-refractivity contribution >= 4 is 17.5 Å². The molecule has 0 unspecified atom stereocenters. The second-order valence-corrected chi connectivity index (χ2v) is 8.20. The Balaban J connectivity index is 1.36. The van der Waals surface area contributed by atoms with Crippen molar-refractivity contribution in [3.8, 4) is 0 Å². The minimum absolute atomic E-state index is 0.0540. The van der Waals surface area contributed by atoms with E-state index < -0.39 is 0 Å². The fraction of sp³-hybridized carbons (Fsp3) is 0.269. The Bertz CT molecular complexity index is 956. The van der Waals surface area contributed by atoms with E-state index in [2.05, 4.69) is 41.3 Å². The molecule has 4 rings (SSSR count). The first-order valence-corrected chi connectivity index (χ1v) is 11.0. The minimum atomic E-state index is 0.0540. The van der Waals surface area contributed by atoms with Crippen molar-refractivity contribution in [3.63, 3.8) is 0 Å². The third-order valence-corrected chi connectivity index (χ3v) is 5.92. The zero-order valence-corrected chi connectivity index (χ0v) is 18.2. The number of hydrogen-bond acceptors (Lipinski definition) is 3. The minimum Gasteiger partial charge on any atom is -0.367 e. The summed E-state index contributed by atoms with van der Waals surface area (Å²) in [4.78, 5) is 17.0. The van der Waals surface area contributed by atoms with Gasteiger partial charge in [0.25, 0.3) is 0 Å². The topological polar surface area (TPSA) is 32.8 Å². The second kappa shape index (κ2) is 10.6. The molecule has 160 valence electrons. The number of carbonyl (C=O) groups is 1. The summed E-state index contributed by atoms with van der Waals surface area (Å²) in [5.41, 5.74) is 3.53. The Morgan fingerprint density at radius 3 is 2.03 bits per heavy atom. The van der Waals surface area contributed by atoms with Crippen LogP contribution in [0.5, 0.6) is 0 Å². The third kappa shape index (κ3) is 5.73. The van der Waals surface area contributed by atoms with Crippen molar-refractivity contribution in [1.82, 2.24) is 9.80 Å². The lowest BCUT2D eigenvalue weighted by molar-refractivity contribution is -0.138. The normalized spacial score (nSPS) is 15.6. The molecule has 3 aromatic rings. The lowest BCUT2D eigenvalue weighted by Gasteiger charge is -2.39. The van der Waals surface area contributed by atoms with Crippen LogP contribution in [0.4, 0.5) is 0 Å². The molecule has 0 spiro atoms. The highest BCUT2D eigenvalue weighted by molar-refractivity contribution is 6.30. The molecule has 3 aromatic carbocycles. The molecule has 0 radical (unpaired) electrons. The smallest absolute Gasteiger partial charge is 0.248 e. The number of halogens is 1. The molecule has 1 amide bonds. The highest BCUT2D eigenvalue weighted by Crippen LogP contribution is 2.30. The summed E-state index contributed by atoms with van der Waals surface area (Å²) >= 11 is 6.11. The molecule has 1 heterocycles. The number of benzene rings is 3. The van der Waals surface area contributed by atoms with E-state index in [1.807, 2.05) is 53.4 Å². The molecule has 4 nitrogen and oxygen atoms in total. The maximum atomic E-state index is 12.6. The first-order chi connectivity index (χ1) is 15.2. The number of ether oxygens (including phenoxy) is 1.